The zero-order valence-electron chi connectivity index (χ0n) is 5.43. The van der Waals surface area contributed by atoms with Crippen LogP contribution < -0.4 is 3.64 Å². The Bertz CT molecular complexity index is 200. The van der Waals surface area contributed by atoms with Gasteiger partial charge in [-0.2, -0.15) is 5.10 Å². The van der Waals surface area contributed by atoms with E-state index in [4.69, 9.17) is 4.74 Å². The van der Waals surface area contributed by atoms with Gasteiger partial charge in [-0.25, -0.2) is 4.79 Å². The number of carbonyl (C=O) groups excluding carboxylic acids is 1. The maximum absolute atomic E-state index is 10.9. The fourth-order valence-corrected chi connectivity index (χ4v) is 1.66. The summed E-state index contributed by atoms with van der Waals surface area (Å²) in [5.41, 5.74) is 0. The molecule has 0 saturated carbocycles. The molecule has 1 heterocycles. The summed E-state index contributed by atoms with van der Waals surface area (Å²) in [5, 5.41) is 3.70. The van der Waals surface area contributed by atoms with E-state index in [1.807, 2.05) is 0 Å². The van der Waals surface area contributed by atoms with Gasteiger partial charge >= 0.3 is 5.97 Å². The Kier molecular flexibility index (Phi) is 2.79. The fourth-order valence-electron chi connectivity index (χ4n) is 0.467. The number of hydrazone groups is 1. The summed E-state index contributed by atoms with van der Waals surface area (Å²) in [4.78, 5) is 10.9. The van der Waals surface area contributed by atoms with Crippen molar-refractivity contribution in [2.75, 3.05) is 6.61 Å². The molecule has 0 aromatic rings. The van der Waals surface area contributed by atoms with Crippen molar-refractivity contribution in [3.63, 3.8) is 0 Å². The third kappa shape index (κ3) is 1.76. The van der Waals surface area contributed by atoms with Crippen LogP contribution in [0.15, 0.2) is 5.10 Å². The summed E-state index contributed by atoms with van der Waals surface area (Å²) in [6, 6.07) is 0. The summed E-state index contributed by atoms with van der Waals surface area (Å²) >= 11 is -0.407. The van der Waals surface area contributed by atoms with Gasteiger partial charge in [-0.1, -0.05) is 0 Å². The molecule has 0 unspecified atom stereocenters. The van der Waals surface area contributed by atoms with Crippen molar-refractivity contribution in [2.45, 2.75) is 6.92 Å². The lowest BCUT2D eigenvalue weighted by Gasteiger charge is -1.95. The second-order valence-electron chi connectivity index (χ2n) is 1.51. The van der Waals surface area contributed by atoms with E-state index in [1.165, 1.54) is 6.21 Å². The Morgan fingerprint density at radius 3 is 3.30 bits per heavy atom. The van der Waals surface area contributed by atoms with Crippen LogP contribution in [0.5, 0.6) is 0 Å². The van der Waals surface area contributed by atoms with E-state index in [0.717, 1.165) is 0 Å². The molecule has 0 saturated heterocycles. The highest BCUT2D eigenvalue weighted by Crippen LogP contribution is 2.00. The Morgan fingerprint density at radius 1 is 2.00 bits per heavy atom. The average molecular weight is 254 g/mol. The summed E-state index contributed by atoms with van der Waals surface area (Å²) in [6.07, 6.45) is 1.53. The number of hydrogen-bond acceptors (Lipinski definition) is 4. The highest BCUT2D eigenvalue weighted by atomic mass is 127. The number of nitrogens with zero attached hydrogens (tertiary/aromatic N) is 1. The van der Waals surface area contributed by atoms with Gasteiger partial charge in [0.15, 0.2) is 0 Å². The van der Waals surface area contributed by atoms with E-state index in [1.54, 1.807) is 6.92 Å². The van der Waals surface area contributed by atoms with Gasteiger partial charge in [-0.05, 0) is 6.92 Å². The maximum Gasteiger partial charge on any atom is 0.347 e. The SMILES string of the molecule is CCOC(=O)C1=INN=C1. The molecule has 0 bridgehead atoms. The van der Waals surface area contributed by atoms with Gasteiger partial charge in [0.05, 0.1) is 12.8 Å². The number of hydrogen-bond donors (Lipinski definition) is 1. The topological polar surface area (TPSA) is 50.7 Å². The molecule has 4 nitrogen and oxygen atoms in total. The second-order valence-corrected chi connectivity index (χ2v) is 3.69. The zero-order chi connectivity index (χ0) is 7.40. The van der Waals surface area contributed by atoms with Gasteiger partial charge in [0, 0.05) is 21.0 Å². The largest absolute Gasteiger partial charge is 0.462 e. The average Bonchev–Trinajstić information content (AvgIpc) is 2.38. The van der Waals surface area contributed by atoms with Crippen molar-refractivity contribution in [1.82, 2.24) is 3.64 Å². The van der Waals surface area contributed by atoms with Crippen LogP contribution >= 0.6 is 21.0 Å². The molecule has 0 aromatic heterocycles. The predicted molar refractivity (Wildman–Crippen MR) is 47.3 cm³/mol. The van der Waals surface area contributed by atoms with E-state index < -0.39 is 21.0 Å². The first-order valence-electron chi connectivity index (χ1n) is 2.80. The molecule has 5 heteroatoms. The molecular formula is C5H7IN2O2. The lowest BCUT2D eigenvalue weighted by molar-refractivity contribution is -0.134. The van der Waals surface area contributed by atoms with E-state index in [0.29, 0.717) is 10.1 Å². The third-order valence-electron chi connectivity index (χ3n) is 0.841. The van der Waals surface area contributed by atoms with Crippen LogP contribution in [0.1, 0.15) is 6.92 Å². The van der Waals surface area contributed by atoms with E-state index in [-0.39, 0.29) is 5.97 Å². The van der Waals surface area contributed by atoms with Crippen LogP contribution in [0, 0.1) is 0 Å². The maximum atomic E-state index is 10.9. The molecule has 1 N–H and O–H groups in total. The Morgan fingerprint density at radius 2 is 2.80 bits per heavy atom. The molecule has 0 aliphatic carbocycles. The van der Waals surface area contributed by atoms with Crippen LogP contribution in [-0.4, -0.2) is 22.3 Å². The Hall–Kier alpha value is -0.460. The summed E-state index contributed by atoms with van der Waals surface area (Å²) in [5.74, 6) is -0.232. The summed E-state index contributed by atoms with van der Waals surface area (Å²) < 4.78 is 8.19. The molecule has 1 aliphatic heterocycles. The van der Waals surface area contributed by atoms with Crippen LogP contribution in [0.3, 0.4) is 0 Å². The molecule has 0 spiro atoms. The number of esters is 1. The van der Waals surface area contributed by atoms with Gasteiger partial charge in [0.25, 0.3) is 0 Å². The molecule has 0 atom stereocenters. The van der Waals surface area contributed by atoms with Crippen molar-refractivity contribution >= 4 is 36.7 Å². The Balaban J connectivity index is 2.48. The van der Waals surface area contributed by atoms with Gasteiger partial charge in [0.2, 0.25) is 0 Å². The van der Waals surface area contributed by atoms with Crippen molar-refractivity contribution in [2.24, 2.45) is 5.10 Å². The van der Waals surface area contributed by atoms with Gasteiger partial charge < -0.3 is 4.74 Å². The van der Waals surface area contributed by atoms with E-state index in [9.17, 15) is 4.79 Å². The minimum absolute atomic E-state index is 0.232. The summed E-state index contributed by atoms with van der Waals surface area (Å²) in [7, 11) is 0. The molecule has 1 rings (SSSR count). The second kappa shape index (κ2) is 3.65. The molecule has 1 aliphatic rings. The quantitative estimate of drug-likeness (QED) is 0.435. The van der Waals surface area contributed by atoms with Gasteiger partial charge in [-0.3, -0.25) is 3.64 Å². The Labute approximate surface area is 68.7 Å². The molecular weight excluding hydrogens is 247 g/mol. The first kappa shape index (κ1) is 7.64. The van der Waals surface area contributed by atoms with Crippen molar-refractivity contribution in [3.05, 3.63) is 0 Å². The monoisotopic (exact) mass is 254 g/mol. The molecule has 10 heavy (non-hydrogen) atoms. The number of nitrogens with one attached hydrogen (secondary N) is 1. The number of halogens is 1. The molecule has 0 amide bonds. The minimum Gasteiger partial charge on any atom is -0.462 e. The van der Waals surface area contributed by atoms with E-state index in [2.05, 4.69) is 8.74 Å². The first-order chi connectivity index (χ1) is 4.84. The lowest BCUT2D eigenvalue weighted by atomic mass is 10.5. The summed E-state index contributed by atoms with van der Waals surface area (Å²) in [6.45, 7) is 2.22. The van der Waals surface area contributed by atoms with Gasteiger partial charge in [-0.15, -0.1) is 0 Å². The van der Waals surface area contributed by atoms with Gasteiger partial charge in [0.1, 0.15) is 3.51 Å². The standard InChI is InChI=1S/C5H7IN2O2/c1-2-10-5(9)4-3-7-8-6-4/h3,8H,2H2,1H3. The van der Waals surface area contributed by atoms with Crippen molar-refractivity contribution in [1.29, 1.82) is 0 Å². The minimum atomic E-state index is -0.407. The zero-order valence-corrected chi connectivity index (χ0v) is 7.58. The normalized spacial score (nSPS) is 15.1. The number of carbonyl (C=O) groups is 1. The smallest absolute Gasteiger partial charge is 0.347 e. The predicted octanol–water partition coefficient (Wildman–Crippen LogP) is 0.197. The fraction of sp³-hybridized carbons (Fsp3) is 0.400. The lowest BCUT2D eigenvalue weighted by Crippen LogP contribution is -2.15. The van der Waals surface area contributed by atoms with E-state index >= 15 is 0 Å². The van der Waals surface area contributed by atoms with Crippen LogP contribution in [0.2, 0.25) is 0 Å². The van der Waals surface area contributed by atoms with Crippen molar-refractivity contribution < 1.29 is 9.53 Å². The molecule has 0 radical (unpaired) electrons. The van der Waals surface area contributed by atoms with Crippen LogP contribution in [0.4, 0.5) is 0 Å². The first-order valence-corrected chi connectivity index (χ1v) is 4.96. The highest BCUT2D eigenvalue weighted by molar-refractivity contribution is 14.2. The van der Waals surface area contributed by atoms with Crippen LogP contribution in [0.25, 0.3) is 0 Å². The number of ether oxygens (including phenoxy) is 1. The molecule has 0 fully saturated rings. The van der Waals surface area contributed by atoms with Crippen molar-refractivity contribution in [3.8, 4) is 0 Å². The van der Waals surface area contributed by atoms with Crippen LogP contribution in [-0.2, 0) is 9.53 Å². The third-order valence-corrected chi connectivity index (χ3v) is 2.66. The molecule has 56 valence electrons. The molecule has 0 aromatic carbocycles. The highest BCUT2D eigenvalue weighted by Gasteiger charge is 2.10. The number of rotatable bonds is 2.